The number of sulfonamides is 1. The lowest BCUT2D eigenvalue weighted by molar-refractivity contribution is -0.384. The third-order valence-electron chi connectivity index (χ3n) is 3.72. The van der Waals surface area contributed by atoms with Crippen molar-refractivity contribution >= 4 is 33.0 Å². The highest BCUT2D eigenvalue weighted by Crippen LogP contribution is 2.29. The van der Waals surface area contributed by atoms with Crippen LogP contribution in [0.5, 0.6) is 0 Å². The molecule has 0 saturated heterocycles. The standard InChI is InChI=1S/C16H14N4O5S/c1-11(17-18-12-5-4-6-13(9-12)20(22)23)10-19-16(21)14-7-2-3-8-15(14)26(19,24)25/h2-9,18H,10H2,1H3. The highest BCUT2D eigenvalue weighted by molar-refractivity contribution is 7.90. The fraction of sp³-hybridized carbons (Fsp3) is 0.125. The Morgan fingerprint density at radius 3 is 2.65 bits per heavy atom. The van der Waals surface area contributed by atoms with E-state index in [0.717, 1.165) is 4.31 Å². The second-order valence-corrected chi connectivity index (χ2v) is 7.41. The summed E-state index contributed by atoms with van der Waals surface area (Å²) >= 11 is 0. The molecule has 0 saturated carbocycles. The van der Waals surface area contributed by atoms with Gasteiger partial charge in [0.25, 0.3) is 21.6 Å². The van der Waals surface area contributed by atoms with Crippen molar-refractivity contribution in [1.29, 1.82) is 0 Å². The summed E-state index contributed by atoms with van der Waals surface area (Å²) in [5.41, 5.74) is 3.35. The second-order valence-electron chi connectivity index (χ2n) is 5.58. The quantitative estimate of drug-likeness (QED) is 0.486. The molecule has 0 fully saturated rings. The molecular weight excluding hydrogens is 360 g/mol. The van der Waals surface area contributed by atoms with Crippen LogP contribution in [0.1, 0.15) is 17.3 Å². The number of nitrogens with zero attached hydrogens (tertiary/aromatic N) is 3. The van der Waals surface area contributed by atoms with Crippen LogP contribution in [0.25, 0.3) is 0 Å². The molecule has 0 atom stereocenters. The first kappa shape index (κ1) is 17.5. The fourth-order valence-corrected chi connectivity index (χ4v) is 4.07. The Kier molecular flexibility index (Phi) is 4.43. The molecule has 134 valence electrons. The number of nitrogens with one attached hydrogen (secondary N) is 1. The molecular formula is C16H14N4O5S. The Balaban J connectivity index is 1.77. The fourth-order valence-electron chi connectivity index (χ4n) is 2.48. The third kappa shape index (κ3) is 3.14. The number of anilines is 1. The van der Waals surface area contributed by atoms with Gasteiger partial charge in [0, 0.05) is 12.1 Å². The molecule has 3 rings (SSSR count). The number of benzene rings is 2. The normalized spacial score (nSPS) is 15.7. The van der Waals surface area contributed by atoms with Crippen molar-refractivity contribution in [1.82, 2.24) is 4.31 Å². The van der Waals surface area contributed by atoms with Gasteiger partial charge in [-0.25, -0.2) is 12.7 Å². The topological polar surface area (TPSA) is 122 Å². The van der Waals surface area contributed by atoms with Crippen LogP contribution in [-0.2, 0) is 10.0 Å². The van der Waals surface area contributed by atoms with Gasteiger partial charge in [-0.1, -0.05) is 18.2 Å². The molecule has 9 nitrogen and oxygen atoms in total. The van der Waals surface area contributed by atoms with E-state index in [1.807, 2.05) is 0 Å². The van der Waals surface area contributed by atoms with Crippen molar-refractivity contribution < 1.29 is 18.1 Å². The number of hydrogen-bond donors (Lipinski definition) is 1. The SMILES string of the molecule is CC(CN1C(=O)c2ccccc2S1(=O)=O)=NNc1cccc([N+](=O)[O-])c1. The van der Waals surface area contributed by atoms with Crippen molar-refractivity contribution in [2.45, 2.75) is 11.8 Å². The van der Waals surface area contributed by atoms with Crippen LogP contribution >= 0.6 is 0 Å². The minimum atomic E-state index is -3.91. The first-order valence-corrected chi connectivity index (χ1v) is 8.94. The van der Waals surface area contributed by atoms with Crippen molar-refractivity contribution in [3.8, 4) is 0 Å². The van der Waals surface area contributed by atoms with E-state index >= 15 is 0 Å². The van der Waals surface area contributed by atoms with Gasteiger partial charge in [0.1, 0.15) is 4.90 Å². The van der Waals surface area contributed by atoms with Gasteiger partial charge in [0.05, 0.1) is 28.4 Å². The van der Waals surface area contributed by atoms with Gasteiger partial charge in [-0.05, 0) is 25.1 Å². The summed E-state index contributed by atoms with van der Waals surface area (Å²) in [4.78, 5) is 22.5. The first-order chi connectivity index (χ1) is 12.3. The largest absolute Gasteiger partial charge is 0.278 e. The van der Waals surface area contributed by atoms with Crippen LogP contribution in [0.3, 0.4) is 0 Å². The highest BCUT2D eigenvalue weighted by Gasteiger charge is 2.40. The second kappa shape index (κ2) is 6.56. The van der Waals surface area contributed by atoms with Crippen LogP contribution in [-0.4, -0.2) is 35.8 Å². The van der Waals surface area contributed by atoms with Crippen molar-refractivity contribution in [2.24, 2.45) is 5.10 Å². The van der Waals surface area contributed by atoms with Crippen molar-refractivity contribution in [3.05, 3.63) is 64.2 Å². The molecule has 1 aliphatic rings. The lowest BCUT2D eigenvalue weighted by Gasteiger charge is -2.14. The van der Waals surface area contributed by atoms with E-state index in [0.29, 0.717) is 11.4 Å². The molecule has 1 N–H and O–H groups in total. The van der Waals surface area contributed by atoms with E-state index in [1.165, 1.54) is 30.3 Å². The molecule has 1 heterocycles. The number of carbonyl (C=O) groups excluding carboxylic acids is 1. The Bertz CT molecular complexity index is 1030. The maximum atomic E-state index is 12.5. The third-order valence-corrected chi connectivity index (χ3v) is 5.50. The van der Waals surface area contributed by atoms with Crippen LogP contribution in [0.4, 0.5) is 11.4 Å². The van der Waals surface area contributed by atoms with E-state index in [4.69, 9.17) is 0 Å². The molecule has 0 aromatic heterocycles. The average Bonchev–Trinajstić information content (AvgIpc) is 2.81. The zero-order chi connectivity index (χ0) is 18.9. The van der Waals surface area contributed by atoms with Crippen molar-refractivity contribution in [3.63, 3.8) is 0 Å². The number of non-ortho nitro benzene ring substituents is 1. The highest BCUT2D eigenvalue weighted by atomic mass is 32.2. The predicted octanol–water partition coefficient (Wildman–Crippen LogP) is 2.23. The van der Waals surface area contributed by atoms with E-state index < -0.39 is 20.9 Å². The number of nitro groups is 1. The van der Waals surface area contributed by atoms with Crippen LogP contribution < -0.4 is 5.43 Å². The molecule has 1 amide bonds. The van der Waals surface area contributed by atoms with Crippen LogP contribution in [0, 0.1) is 10.1 Å². The van der Waals surface area contributed by atoms with Crippen molar-refractivity contribution in [2.75, 3.05) is 12.0 Å². The Morgan fingerprint density at radius 1 is 1.23 bits per heavy atom. The maximum absolute atomic E-state index is 12.5. The minimum Gasteiger partial charge on any atom is -0.278 e. The smallest absolute Gasteiger partial charge is 0.271 e. The van der Waals surface area contributed by atoms with E-state index in [1.54, 1.807) is 25.1 Å². The summed E-state index contributed by atoms with van der Waals surface area (Å²) < 4.78 is 25.7. The molecule has 0 radical (unpaired) electrons. The van der Waals surface area contributed by atoms with Gasteiger partial charge >= 0.3 is 0 Å². The van der Waals surface area contributed by atoms with E-state index in [2.05, 4.69) is 10.5 Å². The summed E-state index contributed by atoms with van der Waals surface area (Å²) in [5, 5.41) is 14.8. The summed E-state index contributed by atoms with van der Waals surface area (Å²) in [6.45, 7) is 1.33. The zero-order valence-electron chi connectivity index (χ0n) is 13.6. The van der Waals surface area contributed by atoms with Gasteiger partial charge in [0.2, 0.25) is 0 Å². The average molecular weight is 374 g/mol. The molecule has 1 aliphatic heterocycles. The predicted molar refractivity (Wildman–Crippen MR) is 94.5 cm³/mol. The molecule has 0 unspecified atom stereocenters. The van der Waals surface area contributed by atoms with E-state index in [9.17, 15) is 23.3 Å². The lowest BCUT2D eigenvalue weighted by atomic mass is 10.2. The van der Waals surface area contributed by atoms with Gasteiger partial charge in [-0.3, -0.25) is 20.3 Å². The van der Waals surface area contributed by atoms with Crippen LogP contribution in [0.15, 0.2) is 58.5 Å². The molecule has 0 spiro atoms. The number of amides is 1. The summed E-state index contributed by atoms with van der Waals surface area (Å²) in [6.07, 6.45) is 0. The number of carbonyl (C=O) groups is 1. The first-order valence-electron chi connectivity index (χ1n) is 7.50. The zero-order valence-corrected chi connectivity index (χ0v) is 14.4. The molecule has 10 heteroatoms. The molecule has 26 heavy (non-hydrogen) atoms. The Labute approximate surface area is 149 Å². The summed E-state index contributed by atoms with van der Waals surface area (Å²) in [7, 11) is -3.91. The number of hydrazone groups is 1. The monoisotopic (exact) mass is 374 g/mol. The number of fused-ring (bicyclic) bond motifs is 1. The summed E-state index contributed by atoms with van der Waals surface area (Å²) in [5.74, 6) is -0.606. The van der Waals surface area contributed by atoms with E-state index in [-0.39, 0.29) is 22.7 Å². The van der Waals surface area contributed by atoms with Gasteiger partial charge in [0.15, 0.2) is 0 Å². The Morgan fingerprint density at radius 2 is 1.96 bits per heavy atom. The molecule has 2 aromatic carbocycles. The van der Waals surface area contributed by atoms with Crippen LogP contribution in [0.2, 0.25) is 0 Å². The number of rotatable bonds is 5. The molecule has 0 aliphatic carbocycles. The van der Waals surface area contributed by atoms with Gasteiger partial charge < -0.3 is 0 Å². The summed E-state index contributed by atoms with van der Waals surface area (Å²) in [6, 6.07) is 11.7. The maximum Gasteiger partial charge on any atom is 0.271 e. The molecule has 2 aromatic rings. The molecule has 0 bridgehead atoms. The minimum absolute atomic E-state index is 0.0237. The van der Waals surface area contributed by atoms with Gasteiger partial charge in [-0.2, -0.15) is 5.10 Å². The Hall–Kier alpha value is -3.27. The lowest BCUT2D eigenvalue weighted by Crippen LogP contribution is -2.34. The van der Waals surface area contributed by atoms with Gasteiger partial charge in [-0.15, -0.1) is 0 Å². The number of hydrogen-bond acceptors (Lipinski definition) is 7. The number of nitro benzene ring substituents is 1.